The second-order valence-electron chi connectivity index (χ2n) is 5.22. The van der Waals surface area contributed by atoms with Gasteiger partial charge in [0.15, 0.2) is 0 Å². The second kappa shape index (κ2) is 8.16. The van der Waals surface area contributed by atoms with Crippen molar-refractivity contribution in [2.45, 2.75) is 11.4 Å². The van der Waals surface area contributed by atoms with Gasteiger partial charge >= 0.3 is 0 Å². The lowest BCUT2D eigenvalue weighted by Crippen LogP contribution is -2.38. The first-order valence-corrected chi connectivity index (χ1v) is 9.49. The van der Waals surface area contributed by atoms with Crippen LogP contribution in [0.3, 0.4) is 0 Å². The van der Waals surface area contributed by atoms with Gasteiger partial charge in [0.1, 0.15) is 0 Å². The number of nitrogens with one attached hydrogen (secondary N) is 1. The summed E-state index contributed by atoms with van der Waals surface area (Å²) >= 11 is 11.6. The molecule has 2 aromatic carbocycles. The van der Waals surface area contributed by atoms with Crippen molar-refractivity contribution >= 4 is 44.8 Å². The van der Waals surface area contributed by atoms with Gasteiger partial charge in [0.25, 0.3) is 0 Å². The van der Waals surface area contributed by atoms with Crippen molar-refractivity contribution in [3.63, 3.8) is 0 Å². The number of nitrogens with two attached hydrogens (primary N) is 1. The van der Waals surface area contributed by atoms with Crippen LogP contribution in [0.1, 0.15) is 5.56 Å². The minimum atomic E-state index is -3.88. The summed E-state index contributed by atoms with van der Waals surface area (Å²) in [5.41, 5.74) is 7.10. The van der Waals surface area contributed by atoms with E-state index < -0.39 is 22.5 Å². The number of sulfonamides is 1. The zero-order chi connectivity index (χ0) is 18.6. The van der Waals surface area contributed by atoms with E-state index in [1.807, 2.05) is 0 Å². The smallest absolute Gasteiger partial charge is 0.241 e. The van der Waals surface area contributed by atoms with Gasteiger partial charge in [-0.25, -0.2) is 13.1 Å². The van der Waals surface area contributed by atoms with E-state index in [1.54, 1.807) is 31.3 Å². The molecule has 6 nitrogen and oxygen atoms in total. The summed E-state index contributed by atoms with van der Waals surface area (Å²) < 4.78 is 26.7. The molecule has 0 aliphatic carbocycles. The van der Waals surface area contributed by atoms with Crippen LogP contribution in [0, 0.1) is 0 Å². The number of amides is 1. The van der Waals surface area contributed by atoms with E-state index in [2.05, 4.69) is 4.72 Å². The van der Waals surface area contributed by atoms with Crippen molar-refractivity contribution in [3.8, 4) is 0 Å². The molecule has 0 heterocycles. The predicted molar refractivity (Wildman–Crippen MR) is 99.4 cm³/mol. The van der Waals surface area contributed by atoms with Gasteiger partial charge in [-0.05, 0) is 35.9 Å². The standard InChI is InChI=1S/C16H17Cl2N3O3S/c1-21(12-4-2-11(9-19)3-5-12)16(22)10-20-25(23,24)13-6-7-14(17)15(18)8-13/h2-8,20H,9-10,19H2,1H3. The van der Waals surface area contributed by atoms with Gasteiger partial charge < -0.3 is 10.6 Å². The van der Waals surface area contributed by atoms with Crippen molar-refractivity contribution < 1.29 is 13.2 Å². The summed E-state index contributed by atoms with van der Waals surface area (Å²) in [5, 5.41) is 0.366. The number of hydrogen-bond donors (Lipinski definition) is 2. The molecule has 25 heavy (non-hydrogen) atoms. The van der Waals surface area contributed by atoms with Gasteiger partial charge in [0.2, 0.25) is 15.9 Å². The van der Waals surface area contributed by atoms with Gasteiger partial charge in [-0.15, -0.1) is 0 Å². The first-order valence-electron chi connectivity index (χ1n) is 7.25. The highest BCUT2D eigenvalue weighted by molar-refractivity contribution is 7.89. The van der Waals surface area contributed by atoms with E-state index in [-0.39, 0.29) is 14.9 Å². The molecule has 9 heteroatoms. The number of anilines is 1. The number of carbonyl (C=O) groups is 1. The predicted octanol–water partition coefficient (Wildman–Crippen LogP) is 2.39. The van der Waals surface area contributed by atoms with Crippen molar-refractivity contribution in [2.75, 3.05) is 18.5 Å². The average molecular weight is 402 g/mol. The third kappa shape index (κ3) is 4.93. The summed E-state index contributed by atoms with van der Waals surface area (Å²) in [6.45, 7) is 0.0130. The third-order valence-electron chi connectivity index (χ3n) is 3.55. The number of rotatable bonds is 6. The SMILES string of the molecule is CN(C(=O)CNS(=O)(=O)c1ccc(Cl)c(Cl)c1)c1ccc(CN)cc1. The quantitative estimate of drug-likeness (QED) is 0.776. The molecule has 0 spiro atoms. The Labute approximate surface area is 156 Å². The first-order chi connectivity index (χ1) is 11.7. The summed E-state index contributed by atoms with van der Waals surface area (Å²) in [5.74, 6) is -0.413. The molecule has 0 bridgehead atoms. The summed E-state index contributed by atoms with van der Waals surface area (Å²) in [6.07, 6.45) is 0. The summed E-state index contributed by atoms with van der Waals surface area (Å²) in [7, 11) is -2.32. The zero-order valence-electron chi connectivity index (χ0n) is 13.4. The van der Waals surface area contributed by atoms with Crippen molar-refractivity contribution in [1.29, 1.82) is 0 Å². The molecule has 134 valence electrons. The topological polar surface area (TPSA) is 92.5 Å². The molecule has 3 N–H and O–H groups in total. The Hall–Kier alpha value is -1.64. The van der Waals surface area contributed by atoms with E-state index in [1.165, 1.54) is 23.1 Å². The Kier molecular flexibility index (Phi) is 6.42. The van der Waals surface area contributed by atoms with E-state index in [0.717, 1.165) is 5.56 Å². The highest BCUT2D eigenvalue weighted by atomic mass is 35.5. The van der Waals surface area contributed by atoms with Gasteiger partial charge in [-0.1, -0.05) is 35.3 Å². The Bertz CT molecular complexity index is 871. The fourth-order valence-corrected chi connectivity index (χ4v) is 3.37. The first kappa shape index (κ1) is 19.7. The van der Waals surface area contributed by atoms with Crippen LogP contribution in [0.5, 0.6) is 0 Å². The largest absolute Gasteiger partial charge is 0.326 e. The van der Waals surface area contributed by atoms with Crippen LogP contribution >= 0.6 is 23.2 Å². The lowest BCUT2D eigenvalue weighted by atomic mass is 10.2. The minimum absolute atomic E-state index is 0.0651. The van der Waals surface area contributed by atoms with Crippen LogP contribution < -0.4 is 15.4 Å². The molecule has 0 aliphatic rings. The highest BCUT2D eigenvalue weighted by Crippen LogP contribution is 2.24. The minimum Gasteiger partial charge on any atom is -0.326 e. The normalized spacial score (nSPS) is 11.4. The Morgan fingerprint density at radius 2 is 1.76 bits per heavy atom. The molecule has 0 radical (unpaired) electrons. The molecule has 0 atom stereocenters. The molecule has 0 fully saturated rings. The van der Waals surface area contributed by atoms with Crippen molar-refractivity contribution in [1.82, 2.24) is 4.72 Å². The lowest BCUT2D eigenvalue weighted by molar-refractivity contribution is -0.117. The maximum Gasteiger partial charge on any atom is 0.241 e. The molecule has 0 aliphatic heterocycles. The van der Waals surface area contributed by atoms with Crippen LogP contribution in [0.2, 0.25) is 10.0 Å². The van der Waals surface area contributed by atoms with Crippen molar-refractivity contribution in [3.05, 3.63) is 58.1 Å². The second-order valence-corrected chi connectivity index (χ2v) is 7.81. The summed E-state index contributed by atoms with van der Waals surface area (Å²) in [6, 6.07) is 11.0. The molecule has 2 aromatic rings. The van der Waals surface area contributed by atoms with Gasteiger partial charge in [-0.2, -0.15) is 0 Å². The van der Waals surface area contributed by atoms with Crippen molar-refractivity contribution in [2.24, 2.45) is 5.73 Å². The summed E-state index contributed by atoms with van der Waals surface area (Å²) in [4.78, 5) is 13.5. The maximum atomic E-state index is 12.2. The maximum absolute atomic E-state index is 12.2. The molecular formula is C16H17Cl2N3O3S. The molecule has 0 unspecified atom stereocenters. The van der Waals surface area contributed by atoms with Crippen LogP contribution in [-0.4, -0.2) is 27.9 Å². The Balaban J connectivity index is 2.05. The molecular weight excluding hydrogens is 385 g/mol. The lowest BCUT2D eigenvalue weighted by Gasteiger charge is -2.18. The van der Waals surface area contributed by atoms with Crippen LogP contribution in [0.15, 0.2) is 47.4 Å². The molecule has 0 saturated heterocycles. The fraction of sp³-hybridized carbons (Fsp3) is 0.188. The Morgan fingerprint density at radius 3 is 2.32 bits per heavy atom. The third-order valence-corrected chi connectivity index (χ3v) is 5.69. The Morgan fingerprint density at radius 1 is 1.12 bits per heavy atom. The van der Waals surface area contributed by atoms with E-state index >= 15 is 0 Å². The monoisotopic (exact) mass is 401 g/mol. The zero-order valence-corrected chi connectivity index (χ0v) is 15.7. The average Bonchev–Trinajstić information content (AvgIpc) is 2.61. The van der Waals surface area contributed by atoms with Crippen LogP contribution in [-0.2, 0) is 21.4 Å². The van der Waals surface area contributed by atoms with Crippen LogP contribution in [0.25, 0.3) is 0 Å². The van der Waals surface area contributed by atoms with Gasteiger partial charge in [-0.3, -0.25) is 4.79 Å². The highest BCUT2D eigenvalue weighted by Gasteiger charge is 2.19. The molecule has 0 saturated carbocycles. The van der Waals surface area contributed by atoms with Gasteiger partial charge in [0, 0.05) is 19.3 Å². The van der Waals surface area contributed by atoms with E-state index in [0.29, 0.717) is 12.2 Å². The van der Waals surface area contributed by atoms with Crippen LogP contribution in [0.4, 0.5) is 5.69 Å². The number of carbonyl (C=O) groups excluding carboxylic acids is 1. The number of likely N-dealkylation sites (N-methyl/N-ethyl adjacent to an activating group) is 1. The number of hydrogen-bond acceptors (Lipinski definition) is 4. The number of halogens is 2. The fourth-order valence-electron chi connectivity index (χ4n) is 2.00. The molecule has 0 aromatic heterocycles. The molecule has 1 amide bonds. The number of benzene rings is 2. The van der Waals surface area contributed by atoms with E-state index in [4.69, 9.17) is 28.9 Å². The van der Waals surface area contributed by atoms with Gasteiger partial charge in [0.05, 0.1) is 21.5 Å². The molecule has 2 rings (SSSR count). The number of nitrogens with zero attached hydrogens (tertiary/aromatic N) is 1. The van der Waals surface area contributed by atoms with E-state index in [9.17, 15) is 13.2 Å².